The van der Waals surface area contributed by atoms with Crippen LogP contribution in [-0.4, -0.2) is 4.57 Å². The summed E-state index contributed by atoms with van der Waals surface area (Å²) in [6.07, 6.45) is 3.97. The molecule has 1 heterocycles. The minimum absolute atomic E-state index is 0.537. The number of benzene rings is 3. The van der Waals surface area contributed by atoms with Gasteiger partial charge in [0.15, 0.2) is 0 Å². The van der Waals surface area contributed by atoms with Crippen LogP contribution in [0.15, 0.2) is 72.9 Å². The minimum atomic E-state index is 0.537. The third kappa shape index (κ3) is 4.18. The molecule has 5 heteroatoms. The average Bonchev–Trinajstić information content (AvgIpc) is 3.07. The first-order chi connectivity index (χ1) is 14.0. The smallest absolute Gasteiger partial charge is 0.0998 e. The second kappa shape index (κ2) is 8.35. The van der Waals surface area contributed by atoms with Crippen molar-refractivity contribution >= 4 is 57.4 Å². The Hall–Kier alpha value is -2.70. The molecule has 3 aromatic carbocycles. The number of para-hydroxylation sites is 1. The van der Waals surface area contributed by atoms with E-state index in [9.17, 15) is 5.26 Å². The molecule has 4 aromatic rings. The number of hydrogen-bond donors (Lipinski definition) is 0. The number of rotatable bonds is 4. The molecule has 4 rings (SSSR count). The van der Waals surface area contributed by atoms with Gasteiger partial charge in [0.1, 0.15) is 0 Å². The van der Waals surface area contributed by atoms with Crippen molar-refractivity contribution in [2.75, 3.05) is 0 Å². The zero-order valence-corrected chi connectivity index (χ0v) is 17.5. The fourth-order valence-corrected chi connectivity index (χ4v) is 3.77. The molecule has 0 radical (unpaired) electrons. The van der Waals surface area contributed by atoms with Gasteiger partial charge in [0.2, 0.25) is 0 Å². The van der Waals surface area contributed by atoms with Gasteiger partial charge in [-0.1, -0.05) is 71.2 Å². The first-order valence-corrected chi connectivity index (χ1v) is 10.1. The highest BCUT2D eigenvalue weighted by molar-refractivity contribution is 6.42. The van der Waals surface area contributed by atoms with Crippen molar-refractivity contribution in [1.82, 2.24) is 4.57 Å². The van der Waals surface area contributed by atoms with Crippen LogP contribution < -0.4 is 0 Å². The zero-order chi connectivity index (χ0) is 20.4. The lowest BCUT2D eigenvalue weighted by Crippen LogP contribution is -1.97. The maximum atomic E-state index is 9.70. The molecule has 0 unspecified atom stereocenters. The fourth-order valence-electron chi connectivity index (χ4n) is 3.32. The van der Waals surface area contributed by atoms with E-state index in [0.717, 1.165) is 27.6 Å². The molecule has 0 atom stereocenters. The second-order valence-electron chi connectivity index (χ2n) is 6.65. The number of fused-ring (bicyclic) bond motifs is 1. The summed E-state index contributed by atoms with van der Waals surface area (Å²) in [5.74, 6) is 0. The van der Waals surface area contributed by atoms with Gasteiger partial charge in [-0.15, -0.1) is 0 Å². The quantitative estimate of drug-likeness (QED) is 0.300. The number of nitriles is 1. The molecule has 0 saturated heterocycles. The van der Waals surface area contributed by atoms with Crippen LogP contribution in [0.2, 0.25) is 15.1 Å². The fraction of sp³-hybridized carbons (Fsp3) is 0.0417. The molecule has 0 saturated carbocycles. The van der Waals surface area contributed by atoms with Gasteiger partial charge < -0.3 is 4.57 Å². The minimum Gasteiger partial charge on any atom is -0.342 e. The molecule has 2 nitrogen and oxygen atoms in total. The summed E-state index contributed by atoms with van der Waals surface area (Å²) in [6, 6.07) is 23.4. The molecular weight excluding hydrogens is 423 g/mol. The van der Waals surface area contributed by atoms with E-state index in [1.807, 2.05) is 42.5 Å². The molecular formula is C24H15Cl3N2. The largest absolute Gasteiger partial charge is 0.342 e. The highest BCUT2D eigenvalue weighted by Crippen LogP contribution is 2.28. The normalized spacial score (nSPS) is 11.6. The lowest BCUT2D eigenvalue weighted by atomic mass is 10.0. The molecule has 0 aliphatic carbocycles. The van der Waals surface area contributed by atoms with Gasteiger partial charge in [-0.05, 0) is 47.5 Å². The van der Waals surface area contributed by atoms with E-state index in [0.29, 0.717) is 27.2 Å². The van der Waals surface area contributed by atoms with Crippen molar-refractivity contribution < 1.29 is 0 Å². The van der Waals surface area contributed by atoms with Gasteiger partial charge in [-0.2, -0.15) is 5.26 Å². The Kier molecular flexibility index (Phi) is 5.65. The van der Waals surface area contributed by atoms with Crippen LogP contribution in [0.5, 0.6) is 0 Å². The van der Waals surface area contributed by atoms with Gasteiger partial charge in [0.05, 0.1) is 21.7 Å². The Morgan fingerprint density at radius 2 is 1.69 bits per heavy atom. The van der Waals surface area contributed by atoms with Crippen molar-refractivity contribution in [2.24, 2.45) is 0 Å². The Balaban J connectivity index is 1.78. The van der Waals surface area contributed by atoms with Crippen LogP contribution >= 0.6 is 34.8 Å². The predicted molar refractivity (Wildman–Crippen MR) is 122 cm³/mol. The van der Waals surface area contributed by atoms with Gasteiger partial charge >= 0.3 is 0 Å². The standard InChI is InChI=1S/C24H15Cl3N2/c25-20-8-6-17(7-9-20)18(13-28)12-19-15-29(24-4-2-1-3-21(19)24)14-16-5-10-22(26)23(27)11-16/h1-12,15H,14H2/b18-12-. The maximum absolute atomic E-state index is 9.70. The lowest BCUT2D eigenvalue weighted by molar-refractivity contribution is 0.836. The topological polar surface area (TPSA) is 28.7 Å². The van der Waals surface area contributed by atoms with E-state index in [4.69, 9.17) is 34.8 Å². The molecule has 0 bridgehead atoms. The van der Waals surface area contributed by atoms with E-state index in [1.165, 1.54) is 0 Å². The summed E-state index contributed by atoms with van der Waals surface area (Å²) in [7, 11) is 0. The van der Waals surface area contributed by atoms with Crippen LogP contribution in [-0.2, 0) is 6.54 Å². The van der Waals surface area contributed by atoms with Crippen LogP contribution in [0.4, 0.5) is 0 Å². The number of allylic oxidation sites excluding steroid dienone is 1. The lowest BCUT2D eigenvalue weighted by Gasteiger charge is -2.06. The van der Waals surface area contributed by atoms with E-state index in [-0.39, 0.29) is 0 Å². The molecule has 0 amide bonds. The molecule has 0 aliphatic heterocycles. The highest BCUT2D eigenvalue weighted by atomic mass is 35.5. The molecule has 142 valence electrons. The van der Waals surface area contributed by atoms with Gasteiger partial charge in [0.25, 0.3) is 0 Å². The van der Waals surface area contributed by atoms with Crippen LogP contribution in [0, 0.1) is 11.3 Å². The number of nitrogens with zero attached hydrogens (tertiary/aromatic N) is 2. The Morgan fingerprint density at radius 3 is 2.41 bits per heavy atom. The van der Waals surface area contributed by atoms with Crippen molar-refractivity contribution in [3.05, 3.63) is 105 Å². The summed E-state index contributed by atoms with van der Waals surface area (Å²) in [4.78, 5) is 0. The number of hydrogen-bond acceptors (Lipinski definition) is 1. The monoisotopic (exact) mass is 436 g/mol. The SMILES string of the molecule is N#C/C(=C/c1cn(Cc2ccc(Cl)c(Cl)c2)c2ccccc12)c1ccc(Cl)cc1. The first-order valence-electron chi connectivity index (χ1n) is 8.94. The molecule has 0 N–H and O–H groups in total. The predicted octanol–water partition coefficient (Wildman–Crippen LogP) is 7.71. The average molecular weight is 438 g/mol. The van der Waals surface area contributed by atoms with Gasteiger partial charge in [-0.3, -0.25) is 0 Å². The van der Waals surface area contributed by atoms with Crippen LogP contribution in [0.1, 0.15) is 16.7 Å². The van der Waals surface area contributed by atoms with Crippen molar-refractivity contribution in [2.45, 2.75) is 6.54 Å². The zero-order valence-electron chi connectivity index (χ0n) is 15.2. The molecule has 1 aromatic heterocycles. The molecule has 0 aliphatic rings. The van der Waals surface area contributed by atoms with Gasteiger partial charge in [0, 0.05) is 34.2 Å². The summed E-state index contributed by atoms with van der Waals surface area (Å²) in [5, 5.41) is 12.5. The summed E-state index contributed by atoms with van der Waals surface area (Å²) in [6.45, 7) is 0.647. The van der Waals surface area contributed by atoms with E-state index >= 15 is 0 Å². The second-order valence-corrected chi connectivity index (χ2v) is 7.91. The third-order valence-electron chi connectivity index (χ3n) is 4.73. The maximum Gasteiger partial charge on any atom is 0.0998 e. The Morgan fingerprint density at radius 1 is 0.931 bits per heavy atom. The molecule has 29 heavy (non-hydrogen) atoms. The summed E-state index contributed by atoms with van der Waals surface area (Å²) in [5.41, 5.74) is 4.52. The molecule has 0 spiro atoms. The number of aromatic nitrogens is 1. The first kappa shape index (κ1) is 19.6. The number of halogens is 3. The van der Waals surface area contributed by atoms with Crippen LogP contribution in [0.3, 0.4) is 0 Å². The Labute approximate surface area is 184 Å². The summed E-state index contributed by atoms with van der Waals surface area (Å²) >= 11 is 18.2. The molecule has 0 fully saturated rings. The van der Waals surface area contributed by atoms with E-state index in [2.05, 4.69) is 29.0 Å². The third-order valence-corrected chi connectivity index (χ3v) is 5.72. The van der Waals surface area contributed by atoms with E-state index in [1.54, 1.807) is 18.2 Å². The van der Waals surface area contributed by atoms with E-state index < -0.39 is 0 Å². The van der Waals surface area contributed by atoms with Gasteiger partial charge in [-0.25, -0.2) is 0 Å². The Bertz CT molecular complexity index is 1260. The summed E-state index contributed by atoms with van der Waals surface area (Å²) < 4.78 is 2.15. The van der Waals surface area contributed by atoms with Crippen molar-refractivity contribution in [1.29, 1.82) is 5.26 Å². The van der Waals surface area contributed by atoms with Crippen LogP contribution in [0.25, 0.3) is 22.6 Å². The van der Waals surface area contributed by atoms with Crippen molar-refractivity contribution in [3.8, 4) is 6.07 Å². The highest BCUT2D eigenvalue weighted by Gasteiger charge is 2.10. The van der Waals surface area contributed by atoms with Crippen molar-refractivity contribution in [3.63, 3.8) is 0 Å².